The van der Waals surface area contributed by atoms with E-state index in [-0.39, 0.29) is 10.7 Å². The van der Waals surface area contributed by atoms with Crippen LogP contribution in [0.1, 0.15) is 18.1 Å². The quantitative estimate of drug-likeness (QED) is 0.504. The van der Waals surface area contributed by atoms with E-state index < -0.39 is 29.9 Å². The number of ether oxygens (including phenoxy) is 1. The molecule has 3 aromatic carbocycles. The van der Waals surface area contributed by atoms with Gasteiger partial charge in [0.15, 0.2) is 0 Å². The molecule has 1 heterocycles. The predicted molar refractivity (Wildman–Crippen MR) is 128 cm³/mol. The smallest absolute Gasteiger partial charge is 0.325 e. The van der Waals surface area contributed by atoms with E-state index in [9.17, 15) is 14.4 Å². The van der Waals surface area contributed by atoms with Crippen LogP contribution in [-0.4, -0.2) is 36.4 Å². The van der Waals surface area contributed by atoms with Gasteiger partial charge in [0.05, 0.1) is 22.8 Å². The number of urea groups is 1. The van der Waals surface area contributed by atoms with E-state index in [4.69, 9.17) is 27.9 Å². The highest BCUT2D eigenvalue weighted by Crippen LogP contribution is 2.34. The Bertz CT molecular complexity index is 1310. The number of hydrogen-bond acceptors (Lipinski definition) is 4. The van der Waals surface area contributed by atoms with Gasteiger partial charge in [0.2, 0.25) is 5.91 Å². The zero-order chi connectivity index (χ0) is 23.9. The molecule has 1 fully saturated rings. The minimum atomic E-state index is -1.32. The normalized spacial score (nSPS) is 17.9. The molecule has 0 aromatic heterocycles. The second kappa shape index (κ2) is 8.57. The minimum Gasteiger partial charge on any atom is -0.497 e. The predicted octanol–water partition coefficient (Wildman–Crippen LogP) is 4.87. The van der Waals surface area contributed by atoms with Gasteiger partial charge in [-0.1, -0.05) is 47.5 Å². The Kier molecular flexibility index (Phi) is 5.95. The zero-order valence-corrected chi connectivity index (χ0v) is 19.7. The summed E-state index contributed by atoms with van der Waals surface area (Å²) in [5, 5.41) is 7.69. The van der Waals surface area contributed by atoms with Gasteiger partial charge in [0.1, 0.15) is 17.8 Å². The van der Waals surface area contributed by atoms with Crippen molar-refractivity contribution >= 4 is 57.5 Å². The molecule has 1 aliphatic rings. The molecule has 1 atom stereocenters. The maximum Gasteiger partial charge on any atom is 0.325 e. The van der Waals surface area contributed by atoms with Crippen molar-refractivity contribution < 1.29 is 19.1 Å². The summed E-state index contributed by atoms with van der Waals surface area (Å²) in [4.78, 5) is 39.4. The largest absolute Gasteiger partial charge is 0.497 e. The molecule has 0 bridgehead atoms. The minimum absolute atomic E-state index is 0.239. The van der Waals surface area contributed by atoms with Gasteiger partial charge in [0, 0.05) is 0 Å². The molecule has 0 radical (unpaired) electrons. The van der Waals surface area contributed by atoms with E-state index in [0.717, 1.165) is 27.0 Å². The van der Waals surface area contributed by atoms with Crippen LogP contribution in [0.15, 0.2) is 48.5 Å². The van der Waals surface area contributed by atoms with Crippen molar-refractivity contribution in [2.45, 2.75) is 19.4 Å². The molecule has 170 valence electrons. The molecule has 0 aliphatic carbocycles. The highest BCUT2D eigenvalue weighted by atomic mass is 35.5. The Morgan fingerprint density at radius 1 is 1.09 bits per heavy atom. The molecule has 0 unspecified atom stereocenters. The number of aryl methyl sites for hydroxylation is 1. The van der Waals surface area contributed by atoms with Crippen molar-refractivity contribution in [2.75, 3.05) is 19.0 Å². The Balaban J connectivity index is 1.56. The number of halogens is 2. The molecular formula is C24H21Cl2N3O4. The Morgan fingerprint density at radius 2 is 1.79 bits per heavy atom. The molecule has 1 saturated heterocycles. The summed E-state index contributed by atoms with van der Waals surface area (Å²) in [6.45, 7) is 2.91. The van der Waals surface area contributed by atoms with Gasteiger partial charge in [0.25, 0.3) is 5.91 Å². The van der Waals surface area contributed by atoms with E-state index in [0.29, 0.717) is 10.6 Å². The number of methoxy groups -OCH3 is 1. The fourth-order valence-corrected chi connectivity index (χ4v) is 4.26. The lowest BCUT2D eigenvalue weighted by Gasteiger charge is -2.23. The van der Waals surface area contributed by atoms with Crippen molar-refractivity contribution in [3.63, 3.8) is 0 Å². The van der Waals surface area contributed by atoms with Crippen molar-refractivity contribution in [1.29, 1.82) is 0 Å². The molecule has 4 rings (SSSR count). The number of nitrogens with zero attached hydrogens (tertiary/aromatic N) is 1. The third kappa shape index (κ3) is 4.10. The molecule has 33 heavy (non-hydrogen) atoms. The van der Waals surface area contributed by atoms with Gasteiger partial charge in [-0.3, -0.25) is 14.5 Å². The standard InChI is InChI=1S/C24H21Cl2N3O4/c1-13-4-9-18(25)21(20(13)26)27-19(30)12-29-22(31)24(2,28-23(29)32)16-7-5-15-11-17(33-3)8-6-14(15)10-16/h4-11H,12H2,1-3H3,(H,27,30)(H,28,32)/t24-/m0/s1. The van der Waals surface area contributed by atoms with E-state index in [1.54, 1.807) is 39.2 Å². The molecule has 9 heteroatoms. The first-order valence-corrected chi connectivity index (χ1v) is 10.9. The van der Waals surface area contributed by atoms with E-state index >= 15 is 0 Å². The zero-order valence-electron chi connectivity index (χ0n) is 18.2. The summed E-state index contributed by atoms with van der Waals surface area (Å²) < 4.78 is 5.25. The Morgan fingerprint density at radius 3 is 2.52 bits per heavy atom. The number of anilines is 1. The van der Waals surface area contributed by atoms with Gasteiger partial charge < -0.3 is 15.4 Å². The van der Waals surface area contributed by atoms with Crippen molar-refractivity contribution in [1.82, 2.24) is 10.2 Å². The summed E-state index contributed by atoms with van der Waals surface area (Å²) in [5.41, 5.74) is 0.256. The average molecular weight is 486 g/mol. The molecule has 3 aromatic rings. The summed E-state index contributed by atoms with van der Waals surface area (Å²) >= 11 is 12.4. The first-order valence-electron chi connectivity index (χ1n) is 10.1. The van der Waals surface area contributed by atoms with Gasteiger partial charge in [-0.2, -0.15) is 0 Å². The van der Waals surface area contributed by atoms with Crippen molar-refractivity contribution in [3.05, 3.63) is 69.7 Å². The number of nitrogens with one attached hydrogen (secondary N) is 2. The molecular weight excluding hydrogens is 465 g/mol. The first kappa shape index (κ1) is 22.9. The van der Waals surface area contributed by atoms with Gasteiger partial charge in [-0.25, -0.2) is 4.79 Å². The molecule has 0 saturated carbocycles. The summed E-state index contributed by atoms with van der Waals surface area (Å²) in [6.07, 6.45) is 0. The van der Waals surface area contributed by atoms with E-state index in [1.165, 1.54) is 0 Å². The number of rotatable bonds is 5. The third-order valence-corrected chi connectivity index (χ3v) is 6.55. The number of hydrogen-bond donors (Lipinski definition) is 2. The molecule has 1 aliphatic heterocycles. The van der Waals surface area contributed by atoms with Crippen molar-refractivity contribution in [2.24, 2.45) is 0 Å². The summed E-state index contributed by atoms with van der Waals surface area (Å²) in [6, 6.07) is 13.7. The molecule has 7 nitrogen and oxygen atoms in total. The van der Waals surface area contributed by atoms with E-state index in [1.807, 2.05) is 30.3 Å². The highest BCUT2D eigenvalue weighted by Gasteiger charge is 2.49. The monoisotopic (exact) mass is 485 g/mol. The van der Waals surface area contributed by atoms with Crippen LogP contribution in [0.25, 0.3) is 10.8 Å². The van der Waals surface area contributed by atoms with Gasteiger partial charge >= 0.3 is 6.03 Å². The second-order valence-corrected chi connectivity index (χ2v) is 8.76. The van der Waals surface area contributed by atoms with Crippen LogP contribution in [-0.2, 0) is 15.1 Å². The number of carbonyl (C=O) groups excluding carboxylic acids is 3. The van der Waals surface area contributed by atoms with E-state index in [2.05, 4.69) is 10.6 Å². The number of amides is 4. The number of benzene rings is 3. The van der Waals surface area contributed by atoms with Gasteiger partial charge in [-0.15, -0.1) is 0 Å². The Hall–Kier alpha value is -3.29. The van der Waals surface area contributed by atoms with Crippen LogP contribution in [0.2, 0.25) is 10.0 Å². The molecule has 4 amide bonds. The van der Waals surface area contributed by atoms with Crippen LogP contribution in [0.5, 0.6) is 5.75 Å². The maximum atomic E-state index is 13.2. The summed E-state index contributed by atoms with van der Waals surface area (Å²) in [7, 11) is 1.59. The van der Waals surface area contributed by atoms with Gasteiger partial charge in [-0.05, 0) is 60.0 Å². The lowest BCUT2D eigenvalue weighted by Crippen LogP contribution is -2.42. The second-order valence-electron chi connectivity index (χ2n) is 7.98. The molecule has 2 N–H and O–H groups in total. The summed E-state index contributed by atoms with van der Waals surface area (Å²) in [5.74, 6) is -0.405. The third-order valence-electron chi connectivity index (χ3n) is 5.75. The number of carbonyl (C=O) groups is 3. The Labute approximate surface area is 200 Å². The lowest BCUT2D eigenvalue weighted by molar-refractivity contribution is -0.133. The number of imide groups is 1. The topological polar surface area (TPSA) is 87.7 Å². The lowest BCUT2D eigenvalue weighted by atomic mass is 9.90. The number of fused-ring (bicyclic) bond motifs is 1. The van der Waals surface area contributed by atoms with Crippen LogP contribution < -0.4 is 15.4 Å². The fourth-order valence-electron chi connectivity index (χ4n) is 3.79. The SMILES string of the molecule is COc1ccc2cc([C@]3(C)NC(=O)N(CC(=O)Nc4c(Cl)ccc(C)c4Cl)C3=O)ccc2c1. The fraction of sp³-hybridized carbons (Fsp3) is 0.208. The average Bonchev–Trinajstić information content (AvgIpc) is 3.02. The molecule has 0 spiro atoms. The van der Waals surface area contributed by atoms with Crippen LogP contribution in [0.4, 0.5) is 10.5 Å². The highest BCUT2D eigenvalue weighted by molar-refractivity contribution is 6.40. The van der Waals surface area contributed by atoms with Crippen molar-refractivity contribution in [3.8, 4) is 5.75 Å². The maximum absolute atomic E-state index is 13.2. The van der Waals surface area contributed by atoms with Crippen LogP contribution >= 0.6 is 23.2 Å². The first-order chi connectivity index (χ1) is 15.6. The van der Waals surface area contributed by atoms with Crippen LogP contribution in [0, 0.1) is 6.92 Å². The van der Waals surface area contributed by atoms with Crippen LogP contribution in [0.3, 0.4) is 0 Å².